The zero-order chi connectivity index (χ0) is 22.7. The molecule has 4 nitrogen and oxygen atoms in total. The number of rotatable bonds is 6. The van der Waals surface area contributed by atoms with Gasteiger partial charge in [-0.3, -0.25) is 9.21 Å². The quantitative estimate of drug-likeness (QED) is 0.509. The van der Waals surface area contributed by atoms with Crippen LogP contribution in [0.15, 0.2) is 77.7 Å². The van der Waals surface area contributed by atoms with Gasteiger partial charge in [-0.1, -0.05) is 54.1 Å². The summed E-state index contributed by atoms with van der Waals surface area (Å²) < 4.78 is 43.3. The van der Waals surface area contributed by atoms with Gasteiger partial charge in [-0.05, 0) is 56.5 Å². The molecule has 0 saturated carbocycles. The van der Waals surface area contributed by atoms with Gasteiger partial charge >= 0.3 is 0 Å². The van der Waals surface area contributed by atoms with Crippen LogP contribution in [0.5, 0.6) is 0 Å². The Labute approximate surface area is 190 Å². The van der Waals surface area contributed by atoms with Crippen LogP contribution < -0.4 is 4.31 Å². The largest absolute Gasteiger partial charge is 0.299 e. The van der Waals surface area contributed by atoms with E-state index in [1.165, 1.54) is 6.07 Å². The second-order valence-electron chi connectivity index (χ2n) is 8.50. The number of sulfonamides is 1. The number of benzene rings is 3. The minimum absolute atomic E-state index is 0.154. The molecule has 3 aromatic carbocycles. The molecule has 1 fully saturated rings. The van der Waals surface area contributed by atoms with Crippen molar-refractivity contribution >= 4 is 15.7 Å². The van der Waals surface area contributed by atoms with E-state index in [1.54, 1.807) is 22.5 Å². The Morgan fingerprint density at radius 2 is 1.53 bits per heavy atom. The Bertz CT molecular complexity index is 1170. The second kappa shape index (κ2) is 9.43. The smallest absolute Gasteiger partial charge is 0.264 e. The van der Waals surface area contributed by atoms with E-state index < -0.39 is 10.0 Å². The van der Waals surface area contributed by atoms with Crippen LogP contribution in [0.4, 0.5) is 10.1 Å². The van der Waals surface area contributed by atoms with E-state index in [-0.39, 0.29) is 11.9 Å². The fraction of sp³-hybridized carbons (Fsp3) is 0.308. The summed E-state index contributed by atoms with van der Waals surface area (Å²) in [6.45, 7) is 5.78. The molecule has 1 aliphatic rings. The minimum Gasteiger partial charge on any atom is -0.299 e. The average Bonchev–Trinajstić information content (AvgIpc) is 2.78. The Hall–Kier alpha value is -2.70. The lowest BCUT2D eigenvalue weighted by molar-refractivity contribution is 0.204. The third kappa shape index (κ3) is 4.71. The number of hydrogen-bond donors (Lipinski definition) is 0. The van der Waals surface area contributed by atoms with Crippen molar-refractivity contribution in [3.05, 3.63) is 95.3 Å². The predicted molar refractivity (Wildman–Crippen MR) is 127 cm³/mol. The zero-order valence-corrected chi connectivity index (χ0v) is 19.4. The molecule has 1 aliphatic heterocycles. The molecule has 0 aromatic heterocycles. The first-order chi connectivity index (χ1) is 15.4. The standard InChI is InChI=1S/C26H29FN2O2S/c1-20-11-13-23(14-12-20)29(32(30,31)26-10-6-3-7-21(26)2)24-15-17-28(18-16-24)19-22-8-4-5-9-25(22)27/h3-14,24H,15-19H2,1-2H3. The summed E-state index contributed by atoms with van der Waals surface area (Å²) in [5.74, 6) is -0.196. The van der Waals surface area contributed by atoms with Gasteiger partial charge in [0, 0.05) is 31.2 Å². The monoisotopic (exact) mass is 452 g/mol. The van der Waals surface area contributed by atoms with E-state index in [1.807, 2.05) is 62.4 Å². The minimum atomic E-state index is -3.73. The summed E-state index contributed by atoms with van der Waals surface area (Å²) in [6.07, 6.45) is 1.38. The third-order valence-electron chi connectivity index (χ3n) is 6.16. The highest BCUT2D eigenvalue weighted by molar-refractivity contribution is 7.93. The van der Waals surface area contributed by atoms with Gasteiger partial charge in [0.2, 0.25) is 0 Å². The molecule has 0 bridgehead atoms. The van der Waals surface area contributed by atoms with Crippen molar-refractivity contribution in [2.24, 2.45) is 0 Å². The molecule has 4 rings (SSSR count). The third-order valence-corrected chi connectivity index (χ3v) is 8.20. The summed E-state index contributed by atoms with van der Waals surface area (Å²) in [7, 11) is -3.73. The van der Waals surface area contributed by atoms with Gasteiger partial charge in [-0.2, -0.15) is 0 Å². The molecular formula is C26H29FN2O2S. The van der Waals surface area contributed by atoms with Gasteiger partial charge in [0.15, 0.2) is 0 Å². The van der Waals surface area contributed by atoms with Crippen molar-refractivity contribution in [2.45, 2.75) is 44.2 Å². The Morgan fingerprint density at radius 1 is 0.906 bits per heavy atom. The van der Waals surface area contributed by atoms with Crippen LogP contribution >= 0.6 is 0 Å². The van der Waals surface area contributed by atoms with Crippen LogP contribution in [-0.4, -0.2) is 32.4 Å². The number of piperidine rings is 1. The molecule has 1 heterocycles. The van der Waals surface area contributed by atoms with Gasteiger partial charge in [-0.15, -0.1) is 0 Å². The maximum absolute atomic E-state index is 14.1. The lowest BCUT2D eigenvalue weighted by atomic mass is 10.0. The first kappa shape index (κ1) is 22.5. The number of aryl methyl sites for hydroxylation is 2. The molecule has 1 saturated heterocycles. The number of hydrogen-bond acceptors (Lipinski definition) is 3. The molecule has 0 aliphatic carbocycles. The average molecular weight is 453 g/mol. The van der Waals surface area contributed by atoms with Crippen molar-refractivity contribution in [1.82, 2.24) is 4.90 Å². The zero-order valence-electron chi connectivity index (χ0n) is 18.5. The van der Waals surface area contributed by atoms with Crippen LogP contribution in [0.2, 0.25) is 0 Å². The molecule has 0 unspecified atom stereocenters. The summed E-state index contributed by atoms with van der Waals surface area (Å²) in [5.41, 5.74) is 3.18. The molecule has 0 amide bonds. The van der Waals surface area contributed by atoms with Gasteiger partial charge in [-0.25, -0.2) is 12.8 Å². The van der Waals surface area contributed by atoms with Crippen molar-refractivity contribution < 1.29 is 12.8 Å². The summed E-state index contributed by atoms with van der Waals surface area (Å²) in [5, 5.41) is 0. The van der Waals surface area contributed by atoms with Gasteiger partial charge < -0.3 is 0 Å². The van der Waals surface area contributed by atoms with Gasteiger partial charge in [0.05, 0.1) is 10.6 Å². The lowest BCUT2D eigenvalue weighted by Gasteiger charge is -2.39. The predicted octanol–water partition coefficient (Wildman–Crippen LogP) is 5.30. The van der Waals surface area contributed by atoms with Crippen molar-refractivity contribution in [1.29, 1.82) is 0 Å². The fourth-order valence-electron chi connectivity index (χ4n) is 4.37. The van der Waals surface area contributed by atoms with E-state index >= 15 is 0 Å². The molecule has 0 N–H and O–H groups in total. The SMILES string of the molecule is Cc1ccc(N(C2CCN(Cc3ccccc3F)CC2)S(=O)(=O)c2ccccc2C)cc1. The van der Waals surface area contributed by atoms with Crippen LogP contribution in [-0.2, 0) is 16.6 Å². The molecular weight excluding hydrogens is 423 g/mol. The van der Waals surface area contributed by atoms with Crippen LogP contribution in [0.1, 0.15) is 29.5 Å². The number of halogens is 1. The van der Waals surface area contributed by atoms with E-state index in [0.29, 0.717) is 48.6 Å². The number of nitrogens with zero attached hydrogens (tertiary/aromatic N) is 2. The molecule has 32 heavy (non-hydrogen) atoms. The van der Waals surface area contributed by atoms with Gasteiger partial charge in [0.1, 0.15) is 5.82 Å². The van der Waals surface area contributed by atoms with Crippen molar-refractivity contribution in [2.75, 3.05) is 17.4 Å². The van der Waals surface area contributed by atoms with E-state index in [9.17, 15) is 12.8 Å². The van der Waals surface area contributed by atoms with Crippen LogP contribution in [0, 0.1) is 19.7 Å². The topological polar surface area (TPSA) is 40.6 Å². The number of anilines is 1. The fourth-order valence-corrected chi connectivity index (χ4v) is 6.31. The normalized spacial score (nSPS) is 15.6. The second-order valence-corrected chi connectivity index (χ2v) is 10.3. The first-order valence-electron chi connectivity index (χ1n) is 11.0. The Balaban J connectivity index is 1.60. The maximum Gasteiger partial charge on any atom is 0.264 e. The van der Waals surface area contributed by atoms with Crippen molar-refractivity contribution in [3.8, 4) is 0 Å². The Kier molecular flexibility index (Phi) is 6.63. The van der Waals surface area contributed by atoms with Crippen molar-refractivity contribution in [3.63, 3.8) is 0 Å². The van der Waals surface area contributed by atoms with E-state index in [4.69, 9.17) is 0 Å². The maximum atomic E-state index is 14.1. The molecule has 168 valence electrons. The molecule has 0 radical (unpaired) electrons. The summed E-state index contributed by atoms with van der Waals surface area (Å²) in [4.78, 5) is 2.54. The first-order valence-corrected chi connectivity index (χ1v) is 12.4. The molecule has 6 heteroatoms. The molecule has 3 aromatic rings. The highest BCUT2D eigenvalue weighted by Gasteiger charge is 2.34. The van der Waals surface area contributed by atoms with Gasteiger partial charge in [0.25, 0.3) is 10.0 Å². The highest BCUT2D eigenvalue weighted by Crippen LogP contribution is 2.32. The van der Waals surface area contributed by atoms with Crippen LogP contribution in [0.3, 0.4) is 0 Å². The molecule has 0 atom stereocenters. The number of likely N-dealkylation sites (tertiary alicyclic amines) is 1. The van der Waals surface area contributed by atoms with Crippen LogP contribution in [0.25, 0.3) is 0 Å². The summed E-state index contributed by atoms with van der Waals surface area (Å²) in [6, 6.07) is 21.5. The van der Waals surface area contributed by atoms with E-state index in [2.05, 4.69) is 4.90 Å². The van der Waals surface area contributed by atoms with E-state index in [0.717, 1.165) is 11.1 Å². The Morgan fingerprint density at radius 3 is 2.19 bits per heavy atom. The highest BCUT2D eigenvalue weighted by atomic mass is 32.2. The summed E-state index contributed by atoms with van der Waals surface area (Å²) >= 11 is 0. The molecule has 0 spiro atoms. The lowest BCUT2D eigenvalue weighted by Crippen LogP contribution is -2.47.